The van der Waals surface area contributed by atoms with Crippen molar-refractivity contribution in [2.24, 2.45) is 0 Å². The summed E-state index contributed by atoms with van der Waals surface area (Å²) in [4.78, 5) is 0. The Bertz CT molecular complexity index is 529. The number of hydrogen-bond acceptors (Lipinski definition) is 2. The van der Waals surface area contributed by atoms with Crippen molar-refractivity contribution >= 4 is 0 Å². The molecule has 0 fully saturated rings. The fraction of sp³-hybridized carbons (Fsp3) is 0.176. The zero-order chi connectivity index (χ0) is 13.7. The summed E-state index contributed by atoms with van der Waals surface area (Å²) in [5.41, 5.74) is 2.70. The summed E-state index contributed by atoms with van der Waals surface area (Å²) in [7, 11) is 0. The molecule has 0 aromatic heterocycles. The lowest BCUT2D eigenvalue weighted by Crippen LogP contribution is -1.99. The van der Waals surface area contributed by atoms with Crippen molar-refractivity contribution < 1.29 is 9.84 Å². The van der Waals surface area contributed by atoms with Crippen molar-refractivity contribution in [1.29, 1.82) is 0 Å². The summed E-state index contributed by atoms with van der Waals surface area (Å²) in [6.45, 7) is 6.10. The molecule has 98 valence electrons. The molecule has 2 aromatic rings. The second-order valence-corrected chi connectivity index (χ2v) is 4.59. The topological polar surface area (TPSA) is 29.5 Å². The Morgan fingerprint density at radius 2 is 1.74 bits per heavy atom. The van der Waals surface area contributed by atoms with Crippen molar-refractivity contribution in [2.45, 2.75) is 19.6 Å². The van der Waals surface area contributed by atoms with E-state index in [9.17, 15) is 5.11 Å². The highest BCUT2D eigenvalue weighted by Crippen LogP contribution is 2.22. The van der Waals surface area contributed by atoms with E-state index in [-0.39, 0.29) is 0 Å². The predicted molar refractivity (Wildman–Crippen MR) is 77.0 cm³/mol. The molecule has 1 N–H and O–H groups in total. The highest BCUT2D eigenvalue weighted by atomic mass is 16.5. The van der Waals surface area contributed by atoms with Crippen LogP contribution in [0.1, 0.15) is 24.2 Å². The van der Waals surface area contributed by atoms with Crippen molar-refractivity contribution in [3.05, 3.63) is 77.9 Å². The molecule has 0 aliphatic rings. The molecule has 2 nitrogen and oxygen atoms in total. The van der Waals surface area contributed by atoms with E-state index in [1.807, 2.05) is 61.5 Å². The standard InChI is InChI=1S/C17H18O2/c1-13(2)17(18)15-8-10-16(11-9-15)19-12-14-6-4-3-5-7-14/h3-11,17-18H,1,12H2,2H3. The molecular formula is C17H18O2. The highest BCUT2D eigenvalue weighted by molar-refractivity contribution is 5.31. The van der Waals surface area contributed by atoms with Gasteiger partial charge in [0.15, 0.2) is 0 Å². The van der Waals surface area contributed by atoms with Crippen molar-refractivity contribution in [2.75, 3.05) is 0 Å². The minimum absolute atomic E-state index is 0.545. The third-order valence-electron chi connectivity index (χ3n) is 2.91. The largest absolute Gasteiger partial charge is 0.489 e. The zero-order valence-electron chi connectivity index (χ0n) is 11.0. The van der Waals surface area contributed by atoms with Crippen LogP contribution in [0, 0.1) is 0 Å². The van der Waals surface area contributed by atoms with Gasteiger partial charge in [0, 0.05) is 0 Å². The van der Waals surface area contributed by atoms with Gasteiger partial charge in [0.25, 0.3) is 0 Å². The number of hydrogen-bond donors (Lipinski definition) is 1. The van der Waals surface area contributed by atoms with Crippen LogP contribution in [0.4, 0.5) is 0 Å². The van der Waals surface area contributed by atoms with Gasteiger partial charge in [0.2, 0.25) is 0 Å². The fourth-order valence-electron chi connectivity index (χ4n) is 1.77. The van der Waals surface area contributed by atoms with E-state index in [1.165, 1.54) is 0 Å². The summed E-state index contributed by atoms with van der Waals surface area (Å²) in [5.74, 6) is 0.793. The Hall–Kier alpha value is -2.06. The molecule has 19 heavy (non-hydrogen) atoms. The van der Waals surface area contributed by atoms with Gasteiger partial charge in [-0.05, 0) is 35.8 Å². The number of aliphatic hydroxyl groups excluding tert-OH is 1. The van der Waals surface area contributed by atoms with Gasteiger partial charge in [0.1, 0.15) is 12.4 Å². The van der Waals surface area contributed by atoms with Gasteiger partial charge in [-0.2, -0.15) is 0 Å². The van der Waals surface area contributed by atoms with Crippen LogP contribution in [0.2, 0.25) is 0 Å². The van der Waals surface area contributed by atoms with Gasteiger partial charge in [-0.15, -0.1) is 0 Å². The molecule has 0 radical (unpaired) electrons. The smallest absolute Gasteiger partial charge is 0.119 e. The van der Waals surface area contributed by atoms with Crippen LogP contribution < -0.4 is 4.74 Å². The molecule has 0 aliphatic carbocycles. The third-order valence-corrected chi connectivity index (χ3v) is 2.91. The lowest BCUT2D eigenvalue weighted by molar-refractivity contribution is 0.216. The quantitative estimate of drug-likeness (QED) is 0.821. The number of rotatable bonds is 5. The third kappa shape index (κ3) is 3.70. The van der Waals surface area contributed by atoms with Crippen LogP contribution in [-0.4, -0.2) is 5.11 Å². The van der Waals surface area contributed by atoms with Gasteiger partial charge in [-0.3, -0.25) is 0 Å². The first-order valence-electron chi connectivity index (χ1n) is 6.27. The maximum absolute atomic E-state index is 9.86. The summed E-state index contributed by atoms with van der Waals surface area (Å²) < 4.78 is 5.68. The first-order valence-corrected chi connectivity index (χ1v) is 6.27. The minimum Gasteiger partial charge on any atom is -0.489 e. The van der Waals surface area contributed by atoms with Crippen LogP contribution in [-0.2, 0) is 6.61 Å². The number of aliphatic hydroxyl groups is 1. The average molecular weight is 254 g/mol. The Labute approximate surface area is 114 Å². The molecule has 0 aliphatic heterocycles. The van der Waals surface area contributed by atoms with Crippen LogP contribution in [0.3, 0.4) is 0 Å². The first-order chi connectivity index (χ1) is 9.16. The Kier molecular flexibility index (Phi) is 4.37. The van der Waals surface area contributed by atoms with E-state index in [4.69, 9.17) is 4.74 Å². The molecule has 2 rings (SSSR count). The van der Waals surface area contributed by atoms with Gasteiger partial charge >= 0.3 is 0 Å². The monoisotopic (exact) mass is 254 g/mol. The molecule has 0 saturated carbocycles. The van der Waals surface area contributed by atoms with Crippen molar-refractivity contribution in [3.8, 4) is 5.75 Å². The summed E-state index contributed by atoms with van der Waals surface area (Å²) in [5, 5.41) is 9.86. The zero-order valence-corrected chi connectivity index (χ0v) is 11.0. The lowest BCUT2D eigenvalue weighted by Gasteiger charge is -2.11. The Balaban J connectivity index is 1.97. The maximum Gasteiger partial charge on any atom is 0.119 e. The maximum atomic E-state index is 9.86. The van der Waals surface area contributed by atoms with Gasteiger partial charge in [0.05, 0.1) is 6.10 Å². The van der Waals surface area contributed by atoms with Crippen LogP contribution >= 0.6 is 0 Å². The van der Waals surface area contributed by atoms with E-state index in [0.29, 0.717) is 6.61 Å². The summed E-state index contributed by atoms with van der Waals surface area (Å²) >= 11 is 0. The molecule has 2 aromatic carbocycles. The second kappa shape index (κ2) is 6.21. The lowest BCUT2D eigenvalue weighted by atomic mass is 10.0. The molecule has 0 saturated heterocycles. The van der Waals surface area contributed by atoms with Crippen molar-refractivity contribution in [1.82, 2.24) is 0 Å². The van der Waals surface area contributed by atoms with Gasteiger partial charge in [-0.1, -0.05) is 49.0 Å². The predicted octanol–water partition coefficient (Wildman–Crippen LogP) is 3.88. The fourth-order valence-corrected chi connectivity index (χ4v) is 1.77. The van der Waals surface area contributed by atoms with Gasteiger partial charge in [-0.25, -0.2) is 0 Å². The van der Waals surface area contributed by atoms with E-state index < -0.39 is 6.10 Å². The summed E-state index contributed by atoms with van der Waals surface area (Å²) in [6, 6.07) is 17.5. The van der Waals surface area contributed by atoms with E-state index >= 15 is 0 Å². The highest BCUT2D eigenvalue weighted by Gasteiger charge is 2.07. The number of ether oxygens (including phenoxy) is 1. The van der Waals surface area contributed by atoms with Crippen LogP contribution in [0.25, 0.3) is 0 Å². The Morgan fingerprint density at radius 3 is 2.32 bits per heavy atom. The molecular weight excluding hydrogens is 236 g/mol. The van der Waals surface area contributed by atoms with Crippen molar-refractivity contribution in [3.63, 3.8) is 0 Å². The van der Waals surface area contributed by atoms with E-state index in [1.54, 1.807) is 0 Å². The number of benzene rings is 2. The molecule has 2 heteroatoms. The van der Waals surface area contributed by atoms with E-state index in [2.05, 4.69) is 6.58 Å². The van der Waals surface area contributed by atoms with Crippen LogP contribution in [0.15, 0.2) is 66.7 Å². The summed E-state index contributed by atoms with van der Waals surface area (Å²) in [6.07, 6.45) is -0.608. The SMILES string of the molecule is C=C(C)C(O)c1ccc(OCc2ccccc2)cc1. The average Bonchev–Trinajstić information content (AvgIpc) is 2.46. The molecule has 0 bridgehead atoms. The van der Waals surface area contributed by atoms with E-state index in [0.717, 1.165) is 22.4 Å². The molecule has 0 amide bonds. The Morgan fingerprint density at radius 1 is 1.11 bits per heavy atom. The molecule has 0 heterocycles. The minimum atomic E-state index is -0.608. The van der Waals surface area contributed by atoms with Gasteiger partial charge < -0.3 is 9.84 Å². The molecule has 1 atom stereocenters. The van der Waals surface area contributed by atoms with Crippen LogP contribution in [0.5, 0.6) is 5.75 Å². The molecule has 1 unspecified atom stereocenters. The first kappa shape index (κ1) is 13.4. The molecule has 0 spiro atoms. The second-order valence-electron chi connectivity index (χ2n) is 4.59. The normalized spacial score (nSPS) is 11.9.